The van der Waals surface area contributed by atoms with E-state index in [1.54, 1.807) is 17.5 Å². The van der Waals surface area contributed by atoms with Crippen LogP contribution in [0.4, 0.5) is 0 Å². The maximum Gasteiger partial charge on any atom is 0.111 e. The molecule has 4 aromatic rings. The summed E-state index contributed by atoms with van der Waals surface area (Å²) in [6.45, 7) is 7.91. The quantitative estimate of drug-likeness (QED) is 0.549. The van der Waals surface area contributed by atoms with Gasteiger partial charge in [0.2, 0.25) is 0 Å². The number of pyridine rings is 1. The molecule has 0 amide bonds. The number of nitrogens with one attached hydrogen (secondary N) is 1. The molecule has 29 heavy (non-hydrogen) atoms. The summed E-state index contributed by atoms with van der Waals surface area (Å²) < 4.78 is 3.49. The van der Waals surface area contributed by atoms with E-state index in [4.69, 9.17) is 9.97 Å². The number of hydrogen-bond donors (Lipinski definition) is 1. The number of hydrogen-bond acceptors (Lipinski definition) is 6. The number of H-pyrrole nitrogens is 1. The first-order valence-electron chi connectivity index (χ1n) is 10.3. The summed E-state index contributed by atoms with van der Waals surface area (Å²) in [6.07, 6.45) is 3.92. The Labute approximate surface area is 174 Å². The van der Waals surface area contributed by atoms with Crippen LogP contribution in [0.5, 0.6) is 0 Å². The SMILES string of the molecule is Cc1nc2cc(-c3ccn[nH]3)sc2c2c1nc(CCCN1CCN(C)CC1)n2C. The molecule has 5 rings (SSSR count). The van der Waals surface area contributed by atoms with Crippen molar-refractivity contribution in [2.75, 3.05) is 39.8 Å². The monoisotopic (exact) mass is 409 g/mol. The topological polar surface area (TPSA) is 65.9 Å². The zero-order chi connectivity index (χ0) is 20.0. The molecule has 1 fully saturated rings. The molecule has 0 radical (unpaired) electrons. The van der Waals surface area contributed by atoms with E-state index in [1.165, 1.54) is 36.4 Å². The van der Waals surface area contributed by atoms with Crippen LogP contribution in [0.15, 0.2) is 18.3 Å². The number of nitrogens with zero attached hydrogens (tertiary/aromatic N) is 6. The maximum absolute atomic E-state index is 4.99. The van der Waals surface area contributed by atoms with Gasteiger partial charge in [0.1, 0.15) is 11.3 Å². The van der Waals surface area contributed by atoms with E-state index in [-0.39, 0.29) is 0 Å². The molecular formula is C21H27N7S. The van der Waals surface area contributed by atoms with Gasteiger partial charge in [0.05, 0.1) is 32.0 Å². The Morgan fingerprint density at radius 3 is 2.72 bits per heavy atom. The zero-order valence-electron chi connectivity index (χ0n) is 17.3. The first-order valence-corrected chi connectivity index (χ1v) is 11.1. The highest BCUT2D eigenvalue weighted by molar-refractivity contribution is 7.23. The smallest absolute Gasteiger partial charge is 0.111 e. The average Bonchev–Trinajstić information content (AvgIpc) is 3.43. The number of likely N-dealkylation sites (N-methyl/N-ethyl adjacent to an activating group) is 1. The first kappa shape index (κ1) is 18.7. The third kappa shape index (κ3) is 3.45. The van der Waals surface area contributed by atoms with Gasteiger partial charge in [-0.2, -0.15) is 5.10 Å². The highest BCUT2D eigenvalue weighted by Crippen LogP contribution is 2.37. The lowest BCUT2D eigenvalue weighted by Crippen LogP contribution is -2.44. The van der Waals surface area contributed by atoms with E-state index >= 15 is 0 Å². The van der Waals surface area contributed by atoms with Crippen molar-refractivity contribution in [3.63, 3.8) is 0 Å². The Bertz CT molecular complexity index is 1130. The Balaban J connectivity index is 1.42. The van der Waals surface area contributed by atoms with Crippen LogP contribution in [0.1, 0.15) is 17.9 Å². The Morgan fingerprint density at radius 2 is 1.97 bits per heavy atom. The van der Waals surface area contributed by atoms with Gasteiger partial charge in [-0.05, 0) is 39.1 Å². The number of rotatable bonds is 5. The van der Waals surface area contributed by atoms with Gasteiger partial charge >= 0.3 is 0 Å². The minimum atomic E-state index is 0.997. The van der Waals surface area contributed by atoms with E-state index in [9.17, 15) is 0 Å². The fraction of sp³-hybridized carbons (Fsp3) is 0.476. The van der Waals surface area contributed by atoms with Crippen LogP contribution in [0.2, 0.25) is 0 Å². The van der Waals surface area contributed by atoms with Crippen molar-refractivity contribution in [1.29, 1.82) is 0 Å². The third-order valence-electron chi connectivity index (χ3n) is 5.98. The van der Waals surface area contributed by atoms with Crippen molar-refractivity contribution in [3.8, 4) is 10.6 Å². The van der Waals surface area contributed by atoms with Crippen LogP contribution < -0.4 is 0 Å². The van der Waals surface area contributed by atoms with E-state index in [2.05, 4.69) is 51.6 Å². The molecule has 0 unspecified atom stereocenters. The third-order valence-corrected chi connectivity index (χ3v) is 7.15. The van der Waals surface area contributed by atoms with E-state index in [0.717, 1.165) is 52.5 Å². The Hall–Kier alpha value is -2.29. The van der Waals surface area contributed by atoms with Crippen molar-refractivity contribution >= 4 is 32.6 Å². The fourth-order valence-corrected chi connectivity index (χ4v) is 5.36. The minimum Gasteiger partial charge on any atom is -0.330 e. The molecule has 4 aromatic heterocycles. The lowest BCUT2D eigenvalue weighted by molar-refractivity contribution is 0.153. The Morgan fingerprint density at radius 1 is 1.14 bits per heavy atom. The molecule has 1 saturated heterocycles. The number of aryl methyl sites for hydroxylation is 3. The van der Waals surface area contributed by atoms with E-state index in [1.807, 2.05) is 6.07 Å². The lowest BCUT2D eigenvalue weighted by atomic mass is 10.2. The molecule has 152 valence electrons. The highest BCUT2D eigenvalue weighted by atomic mass is 32.1. The van der Waals surface area contributed by atoms with Gasteiger partial charge in [-0.3, -0.25) is 5.10 Å². The van der Waals surface area contributed by atoms with Gasteiger partial charge in [-0.15, -0.1) is 11.3 Å². The molecule has 7 nitrogen and oxygen atoms in total. The molecule has 1 N–H and O–H groups in total. The summed E-state index contributed by atoms with van der Waals surface area (Å²) in [7, 11) is 4.35. The standard InChI is InChI=1S/C21H27N7S/c1-14-19-20(21-16(23-14)13-17(29-21)15-6-7-22-25-15)27(3)18(24-19)5-4-8-28-11-9-26(2)10-12-28/h6-7,13H,4-5,8-12H2,1-3H3,(H,22,25). The number of imidazole rings is 1. The molecule has 1 aliphatic heterocycles. The van der Waals surface area contributed by atoms with Crippen LogP contribution in [0.25, 0.3) is 31.8 Å². The molecular weight excluding hydrogens is 382 g/mol. The predicted molar refractivity (Wildman–Crippen MR) is 118 cm³/mol. The largest absolute Gasteiger partial charge is 0.330 e. The summed E-state index contributed by atoms with van der Waals surface area (Å²) in [6, 6.07) is 4.15. The van der Waals surface area contributed by atoms with E-state index in [0.29, 0.717) is 0 Å². The second-order valence-corrected chi connectivity index (χ2v) is 9.08. The fourth-order valence-electron chi connectivity index (χ4n) is 4.21. The molecule has 0 atom stereocenters. The zero-order valence-corrected chi connectivity index (χ0v) is 18.1. The molecule has 1 aliphatic rings. The van der Waals surface area contributed by atoms with Crippen molar-refractivity contribution in [3.05, 3.63) is 29.8 Å². The maximum atomic E-state index is 4.99. The molecule has 0 bridgehead atoms. The van der Waals surface area contributed by atoms with Gasteiger partial charge in [0, 0.05) is 45.8 Å². The number of fused-ring (bicyclic) bond motifs is 3. The number of thiophene rings is 1. The molecule has 0 aliphatic carbocycles. The Kier molecular flexibility index (Phi) is 4.85. The van der Waals surface area contributed by atoms with Gasteiger partial charge in [-0.1, -0.05) is 0 Å². The lowest BCUT2D eigenvalue weighted by Gasteiger charge is -2.32. The molecule has 0 aromatic carbocycles. The highest BCUT2D eigenvalue weighted by Gasteiger charge is 2.18. The van der Waals surface area contributed by atoms with Gasteiger partial charge in [0.25, 0.3) is 0 Å². The van der Waals surface area contributed by atoms with Crippen molar-refractivity contribution < 1.29 is 0 Å². The van der Waals surface area contributed by atoms with Crippen molar-refractivity contribution in [2.24, 2.45) is 7.05 Å². The molecule has 0 saturated carbocycles. The molecule has 5 heterocycles. The van der Waals surface area contributed by atoms with Crippen molar-refractivity contribution in [2.45, 2.75) is 19.8 Å². The van der Waals surface area contributed by atoms with Crippen LogP contribution in [0.3, 0.4) is 0 Å². The van der Waals surface area contributed by atoms with Crippen LogP contribution in [0, 0.1) is 6.92 Å². The van der Waals surface area contributed by atoms with Gasteiger partial charge < -0.3 is 14.4 Å². The van der Waals surface area contributed by atoms with Crippen LogP contribution in [-0.4, -0.2) is 74.3 Å². The summed E-state index contributed by atoms with van der Waals surface area (Å²) in [5, 5.41) is 7.14. The molecule has 8 heteroatoms. The predicted octanol–water partition coefficient (Wildman–Crippen LogP) is 3.06. The van der Waals surface area contributed by atoms with Crippen LogP contribution in [-0.2, 0) is 13.5 Å². The summed E-state index contributed by atoms with van der Waals surface area (Å²) in [4.78, 5) is 16.0. The summed E-state index contributed by atoms with van der Waals surface area (Å²) in [5.41, 5.74) is 5.32. The van der Waals surface area contributed by atoms with Gasteiger partial charge in [0.15, 0.2) is 0 Å². The number of aromatic amines is 1. The first-order chi connectivity index (χ1) is 14.1. The van der Waals surface area contributed by atoms with Gasteiger partial charge in [-0.25, -0.2) is 9.97 Å². The normalized spacial score (nSPS) is 16.4. The molecule has 0 spiro atoms. The second kappa shape index (κ2) is 7.51. The average molecular weight is 410 g/mol. The number of aromatic nitrogens is 5. The van der Waals surface area contributed by atoms with Crippen LogP contribution >= 0.6 is 11.3 Å². The summed E-state index contributed by atoms with van der Waals surface area (Å²) in [5.74, 6) is 1.16. The second-order valence-electron chi connectivity index (χ2n) is 8.03. The van der Waals surface area contributed by atoms with E-state index < -0.39 is 0 Å². The number of piperazine rings is 1. The van der Waals surface area contributed by atoms with Crippen molar-refractivity contribution in [1.82, 2.24) is 34.5 Å². The minimum absolute atomic E-state index is 0.997. The summed E-state index contributed by atoms with van der Waals surface area (Å²) >= 11 is 1.76.